The fraction of sp³-hybridized carbons (Fsp3) is 0.481. The maximum absolute atomic E-state index is 14.4. The molecule has 0 unspecified atom stereocenters. The first-order valence-corrected chi connectivity index (χ1v) is 12.8. The second kappa shape index (κ2) is 12.0. The highest BCUT2D eigenvalue weighted by Gasteiger charge is 2.37. The van der Waals surface area contributed by atoms with Crippen LogP contribution >= 0.6 is 15.9 Å². The molecule has 36 heavy (non-hydrogen) atoms. The van der Waals surface area contributed by atoms with Gasteiger partial charge in [0, 0.05) is 5.92 Å². The Bertz CT molecular complexity index is 1160. The van der Waals surface area contributed by atoms with Gasteiger partial charge < -0.3 is 9.47 Å². The third-order valence-corrected chi connectivity index (χ3v) is 6.39. The summed E-state index contributed by atoms with van der Waals surface area (Å²) in [4.78, 5) is 13.5. The minimum Gasteiger partial charge on any atom is -0.497 e. The molecule has 0 N–H and O–H groups in total. The zero-order valence-corrected chi connectivity index (χ0v) is 23.3. The number of esters is 1. The number of aromatic nitrogens is 4. The number of rotatable bonds is 10. The number of nitrogens with zero attached hydrogens (tertiary/aromatic N) is 4. The zero-order chi connectivity index (χ0) is 26.5. The lowest BCUT2D eigenvalue weighted by molar-refractivity contribution is -0.161. The first kappa shape index (κ1) is 27.8. The molecule has 0 radical (unpaired) electrons. The summed E-state index contributed by atoms with van der Waals surface area (Å²) in [6, 6.07) is 12.7. The Hall–Kier alpha value is -2.81. The molecule has 3 rings (SSSR count). The summed E-state index contributed by atoms with van der Waals surface area (Å²) in [6.45, 7) is 10.1. The Balaban J connectivity index is 2.03. The van der Waals surface area contributed by atoms with Crippen molar-refractivity contribution in [3.05, 3.63) is 69.7 Å². The van der Waals surface area contributed by atoms with Crippen molar-refractivity contribution in [3.8, 4) is 5.75 Å². The Morgan fingerprint density at radius 1 is 1.11 bits per heavy atom. The van der Waals surface area contributed by atoms with Gasteiger partial charge in [0.15, 0.2) is 5.82 Å². The molecule has 3 aromatic rings. The number of tetrazole rings is 1. The summed E-state index contributed by atoms with van der Waals surface area (Å²) in [7, 11) is 1.62. The molecule has 0 aliphatic heterocycles. The lowest BCUT2D eigenvalue weighted by Gasteiger charge is -2.30. The highest BCUT2D eigenvalue weighted by atomic mass is 79.9. The van der Waals surface area contributed by atoms with Gasteiger partial charge in [-0.25, -0.2) is 9.07 Å². The van der Waals surface area contributed by atoms with Crippen LogP contribution in [0.25, 0.3) is 0 Å². The van der Waals surface area contributed by atoms with Gasteiger partial charge in [0.2, 0.25) is 0 Å². The summed E-state index contributed by atoms with van der Waals surface area (Å²) in [5.74, 6) is -0.0665. The van der Waals surface area contributed by atoms with Gasteiger partial charge in [-0.15, -0.1) is 5.10 Å². The van der Waals surface area contributed by atoms with Crippen molar-refractivity contribution < 1.29 is 18.7 Å². The van der Waals surface area contributed by atoms with Gasteiger partial charge in [-0.3, -0.25) is 4.79 Å². The van der Waals surface area contributed by atoms with E-state index in [1.807, 2.05) is 51.1 Å². The van der Waals surface area contributed by atoms with E-state index >= 15 is 0 Å². The number of carbonyl (C=O) groups excluding carboxylic acids is 1. The van der Waals surface area contributed by atoms with Crippen molar-refractivity contribution in [2.24, 2.45) is 11.8 Å². The Morgan fingerprint density at radius 3 is 2.36 bits per heavy atom. The largest absolute Gasteiger partial charge is 0.497 e. The summed E-state index contributed by atoms with van der Waals surface area (Å²) >= 11 is 3.22. The molecule has 0 fully saturated rings. The van der Waals surface area contributed by atoms with Crippen LogP contribution in [0.5, 0.6) is 5.75 Å². The van der Waals surface area contributed by atoms with Crippen LogP contribution in [-0.2, 0) is 22.5 Å². The van der Waals surface area contributed by atoms with E-state index in [1.54, 1.807) is 17.9 Å². The van der Waals surface area contributed by atoms with Crippen molar-refractivity contribution >= 4 is 21.9 Å². The normalized spacial score (nSPS) is 13.5. The summed E-state index contributed by atoms with van der Waals surface area (Å²) in [5.41, 5.74) is 1.09. The van der Waals surface area contributed by atoms with Crippen molar-refractivity contribution in [2.45, 2.75) is 65.5 Å². The molecule has 0 amide bonds. The molecule has 194 valence electrons. The lowest BCUT2D eigenvalue weighted by Crippen LogP contribution is -2.34. The molecule has 0 spiro atoms. The average Bonchev–Trinajstić information content (AvgIpc) is 3.25. The second-order valence-electron chi connectivity index (χ2n) is 10.4. The highest BCUT2D eigenvalue weighted by Crippen LogP contribution is 2.35. The molecule has 9 heteroatoms. The van der Waals surface area contributed by atoms with E-state index in [0.29, 0.717) is 29.7 Å². The van der Waals surface area contributed by atoms with Gasteiger partial charge in [-0.1, -0.05) is 32.0 Å². The van der Waals surface area contributed by atoms with E-state index in [1.165, 1.54) is 6.07 Å². The molecule has 0 bridgehead atoms. The van der Waals surface area contributed by atoms with Gasteiger partial charge in [0.25, 0.3) is 0 Å². The van der Waals surface area contributed by atoms with Crippen molar-refractivity contribution in [3.63, 3.8) is 0 Å². The van der Waals surface area contributed by atoms with Crippen molar-refractivity contribution in [2.75, 3.05) is 7.11 Å². The third kappa shape index (κ3) is 7.59. The Kier molecular flexibility index (Phi) is 9.22. The van der Waals surface area contributed by atoms with Gasteiger partial charge >= 0.3 is 5.97 Å². The summed E-state index contributed by atoms with van der Waals surface area (Å²) in [6.07, 6.45) is 0.956. The first-order valence-electron chi connectivity index (χ1n) is 12.0. The maximum atomic E-state index is 14.4. The van der Waals surface area contributed by atoms with Crippen LogP contribution in [0.1, 0.15) is 63.9 Å². The molecular weight excluding hydrogens is 527 g/mol. The quantitative estimate of drug-likeness (QED) is 0.284. The standard InChI is InChI=1S/C27H34BrFN4O3/c1-17(2)13-22(26(34)36-27(3,4)5)21(14-19-9-12-23(28)24(29)15-19)25-30-31-32-33(25)16-18-7-10-20(35-6)11-8-18/h7-12,15,17,21-22H,13-14,16H2,1-6H3/t21-,22-/m0/s1. The van der Waals surface area contributed by atoms with Crippen LogP contribution in [0.15, 0.2) is 46.9 Å². The van der Waals surface area contributed by atoms with Crippen molar-refractivity contribution in [1.82, 2.24) is 20.2 Å². The van der Waals surface area contributed by atoms with E-state index < -0.39 is 17.4 Å². The smallest absolute Gasteiger partial charge is 0.310 e. The van der Waals surface area contributed by atoms with Gasteiger partial charge in [0.05, 0.1) is 24.0 Å². The van der Waals surface area contributed by atoms with Crippen LogP contribution in [0.3, 0.4) is 0 Å². The average molecular weight is 561 g/mol. The fourth-order valence-corrected chi connectivity index (χ4v) is 4.38. The molecule has 1 heterocycles. The maximum Gasteiger partial charge on any atom is 0.310 e. The predicted molar refractivity (Wildman–Crippen MR) is 139 cm³/mol. The molecule has 2 aromatic carbocycles. The Labute approximate surface area is 220 Å². The number of hydrogen-bond acceptors (Lipinski definition) is 6. The summed E-state index contributed by atoms with van der Waals surface area (Å²) < 4.78 is 27.6. The zero-order valence-electron chi connectivity index (χ0n) is 21.7. The first-order chi connectivity index (χ1) is 17.0. The van der Waals surface area contributed by atoms with Crippen LogP contribution in [0.4, 0.5) is 4.39 Å². The SMILES string of the molecule is COc1ccc(Cn2nnnc2[C@@H](Cc2ccc(Br)c(F)c2)[C@H](CC(C)C)C(=O)OC(C)(C)C)cc1. The number of halogens is 2. The summed E-state index contributed by atoms with van der Waals surface area (Å²) in [5, 5.41) is 12.5. The number of benzene rings is 2. The number of hydrogen-bond donors (Lipinski definition) is 0. The molecule has 1 aromatic heterocycles. The van der Waals surface area contributed by atoms with Crippen molar-refractivity contribution in [1.29, 1.82) is 0 Å². The number of carbonyl (C=O) groups is 1. The molecular formula is C27H34BrFN4O3. The molecule has 0 saturated heterocycles. The van der Waals surface area contributed by atoms with E-state index in [2.05, 4.69) is 45.3 Å². The minimum absolute atomic E-state index is 0.220. The van der Waals surface area contributed by atoms with Gasteiger partial charge in [-0.2, -0.15) is 0 Å². The highest BCUT2D eigenvalue weighted by molar-refractivity contribution is 9.10. The molecule has 0 aliphatic carbocycles. The monoisotopic (exact) mass is 560 g/mol. The van der Waals surface area contributed by atoms with Crippen LogP contribution in [0.2, 0.25) is 0 Å². The van der Waals surface area contributed by atoms with Crippen LogP contribution in [0, 0.1) is 17.7 Å². The van der Waals surface area contributed by atoms with Gasteiger partial charge in [0.1, 0.15) is 17.2 Å². The second-order valence-corrected chi connectivity index (χ2v) is 11.2. The van der Waals surface area contributed by atoms with Crippen LogP contribution in [-0.4, -0.2) is 38.9 Å². The number of ether oxygens (including phenoxy) is 2. The van der Waals surface area contributed by atoms with Crippen LogP contribution < -0.4 is 4.74 Å². The minimum atomic E-state index is -0.643. The van der Waals surface area contributed by atoms with E-state index in [9.17, 15) is 9.18 Å². The fourth-order valence-electron chi connectivity index (χ4n) is 4.14. The topological polar surface area (TPSA) is 79.1 Å². The molecule has 0 aliphatic rings. The number of methoxy groups -OCH3 is 1. The molecule has 0 saturated carbocycles. The molecule has 7 nitrogen and oxygen atoms in total. The molecule has 2 atom stereocenters. The van der Waals surface area contributed by atoms with E-state index in [4.69, 9.17) is 9.47 Å². The predicted octanol–water partition coefficient (Wildman–Crippen LogP) is 5.96. The van der Waals surface area contributed by atoms with E-state index in [0.717, 1.165) is 16.9 Å². The third-order valence-electron chi connectivity index (χ3n) is 5.74. The Morgan fingerprint density at radius 2 is 1.78 bits per heavy atom. The van der Waals surface area contributed by atoms with E-state index in [-0.39, 0.29) is 17.7 Å². The van der Waals surface area contributed by atoms with Gasteiger partial charge in [-0.05, 0) is 101 Å². The lowest BCUT2D eigenvalue weighted by atomic mass is 9.81.